The van der Waals surface area contributed by atoms with Gasteiger partial charge >= 0.3 is 0 Å². The maximum Gasteiger partial charge on any atom is 0.131 e. The van der Waals surface area contributed by atoms with Gasteiger partial charge in [-0.25, -0.2) is 0 Å². The Morgan fingerprint density at radius 3 is 2.67 bits per heavy atom. The Labute approximate surface area is 199 Å². The van der Waals surface area contributed by atoms with Crippen LogP contribution in [0.3, 0.4) is 0 Å². The molecule has 3 aromatic rings. The highest BCUT2D eigenvalue weighted by Gasteiger charge is 2.33. The first kappa shape index (κ1) is 22.0. The number of likely N-dealkylation sites (tertiary alicyclic amines) is 1. The van der Waals surface area contributed by atoms with E-state index in [1.165, 1.54) is 0 Å². The smallest absolute Gasteiger partial charge is 0.131 e. The first-order valence-electron chi connectivity index (χ1n) is 11.2. The average molecular weight is 463 g/mol. The van der Waals surface area contributed by atoms with Crippen LogP contribution in [0.2, 0.25) is 5.02 Å². The minimum absolute atomic E-state index is 0.435. The van der Waals surface area contributed by atoms with Crippen LogP contribution >= 0.6 is 11.6 Å². The second kappa shape index (κ2) is 9.18. The average Bonchev–Trinajstić information content (AvgIpc) is 3.00. The van der Waals surface area contributed by atoms with Crippen LogP contribution in [0, 0.1) is 0 Å². The third-order valence-corrected chi connectivity index (χ3v) is 6.89. The Bertz CT molecular complexity index is 1170. The molecule has 0 saturated carbocycles. The van der Waals surface area contributed by atoms with Crippen molar-refractivity contribution in [2.24, 2.45) is 0 Å². The summed E-state index contributed by atoms with van der Waals surface area (Å²) in [5.74, 6) is 1.62. The van der Waals surface area contributed by atoms with Crippen LogP contribution in [0.25, 0.3) is 5.57 Å². The van der Waals surface area contributed by atoms with E-state index in [1.807, 2.05) is 48.5 Å². The van der Waals surface area contributed by atoms with Crippen LogP contribution < -0.4 is 9.47 Å². The van der Waals surface area contributed by atoms with Gasteiger partial charge in [0.1, 0.15) is 18.1 Å². The van der Waals surface area contributed by atoms with E-state index in [9.17, 15) is 5.11 Å². The molecule has 0 atom stereocenters. The molecule has 2 aliphatic heterocycles. The summed E-state index contributed by atoms with van der Waals surface area (Å²) in [6.45, 7) is 2.83. The van der Waals surface area contributed by atoms with Crippen molar-refractivity contribution in [1.82, 2.24) is 9.88 Å². The van der Waals surface area contributed by atoms with Crippen LogP contribution in [0.15, 0.2) is 66.9 Å². The van der Waals surface area contributed by atoms with Crippen molar-refractivity contribution in [3.63, 3.8) is 0 Å². The number of ether oxygens (including phenoxy) is 2. The third kappa shape index (κ3) is 4.49. The number of methoxy groups -OCH3 is 1. The topological polar surface area (TPSA) is 54.8 Å². The normalized spacial score (nSPS) is 18.7. The highest BCUT2D eigenvalue weighted by molar-refractivity contribution is 6.30. The molecule has 170 valence electrons. The van der Waals surface area contributed by atoms with Crippen molar-refractivity contribution in [2.75, 3.05) is 26.7 Å². The van der Waals surface area contributed by atoms with E-state index in [2.05, 4.69) is 22.0 Å². The second-order valence-electron chi connectivity index (χ2n) is 8.61. The van der Waals surface area contributed by atoms with Crippen LogP contribution in [-0.2, 0) is 12.2 Å². The van der Waals surface area contributed by atoms with E-state index in [0.29, 0.717) is 24.5 Å². The number of nitrogens with zero attached hydrogens (tertiary/aromatic N) is 2. The predicted molar refractivity (Wildman–Crippen MR) is 130 cm³/mol. The van der Waals surface area contributed by atoms with Gasteiger partial charge in [-0.2, -0.15) is 0 Å². The number of aliphatic hydroxyl groups is 1. The fraction of sp³-hybridized carbons (Fsp3) is 0.296. The Kier molecular flexibility index (Phi) is 6.11. The van der Waals surface area contributed by atoms with E-state index in [-0.39, 0.29) is 0 Å². The Hall–Kier alpha value is -2.86. The fourth-order valence-electron chi connectivity index (χ4n) is 4.66. The summed E-state index contributed by atoms with van der Waals surface area (Å²) >= 11 is 6.02. The molecule has 5 nitrogen and oxygen atoms in total. The second-order valence-corrected chi connectivity index (χ2v) is 9.04. The number of hydrogen-bond donors (Lipinski definition) is 1. The summed E-state index contributed by atoms with van der Waals surface area (Å²) in [7, 11) is 1.67. The molecule has 1 aromatic heterocycles. The van der Waals surface area contributed by atoms with E-state index in [4.69, 9.17) is 21.1 Å². The van der Waals surface area contributed by atoms with Crippen molar-refractivity contribution in [3.8, 4) is 11.5 Å². The lowest BCUT2D eigenvalue weighted by Crippen LogP contribution is -2.42. The zero-order chi connectivity index (χ0) is 22.8. The zero-order valence-corrected chi connectivity index (χ0v) is 19.4. The van der Waals surface area contributed by atoms with Crippen molar-refractivity contribution < 1.29 is 14.6 Å². The predicted octanol–water partition coefficient (Wildman–Crippen LogP) is 5.05. The molecule has 0 bridgehead atoms. The van der Waals surface area contributed by atoms with Gasteiger partial charge in [0.25, 0.3) is 0 Å². The number of aromatic nitrogens is 1. The van der Waals surface area contributed by atoms with Crippen molar-refractivity contribution >= 4 is 17.2 Å². The maximum absolute atomic E-state index is 11.2. The molecule has 2 aliphatic rings. The van der Waals surface area contributed by atoms with Crippen LogP contribution in [-0.4, -0.2) is 41.7 Å². The van der Waals surface area contributed by atoms with Gasteiger partial charge in [0.2, 0.25) is 0 Å². The highest BCUT2D eigenvalue weighted by Crippen LogP contribution is 2.38. The first-order valence-corrected chi connectivity index (χ1v) is 11.6. The number of piperidine rings is 1. The number of rotatable bonds is 4. The van der Waals surface area contributed by atoms with E-state index in [0.717, 1.165) is 59.1 Å². The monoisotopic (exact) mass is 462 g/mol. The SMILES string of the molecule is COc1ccc2c(c1)C(=CCN1CCC(O)(c3ccc(Cl)cc3)CC1)c1cccnc1CO2. The van der Waals surface area contributed by atoms with Crippen molar-refractivity contribution in [2.45, 2.75) is 25.0 Å². The molecule has 33 heavy (non-hydrogen) atoms. The van der Waals surface area contributed by atoms with Gasteiger partial charge in [-0.05, 0) is 60.4 Å². The fourth-order valence-corrected chi connectivity index (χ4v) is 4.78. The van der Waals surface area contributed by atoms with Crippen molar-refractivity contribution in [3.05, 3.63) is 94.3 Å². The van der Waals surface area contributed by atoms with Gasteiger partial charge in [0.15, 0.2) is 0 Å². The quantitative estimate of drug-likeness (QED) is 0.588. The lowest BCUT2D eigenvalue weighted by molar-refractivity contribution is -0.0233. The third-order valence-electron chi connectivity index (χ3n) is 6.64. The summed E-state index contributed by atoms with van der Waals surface area (Å²) in [5.41, 5.74) is 4.25. The Morgan fingerprint density at radius 2 is 1.91 bits per heavy atom. The molecular weight excluding hydrogens is 436 g/mol. The van der Waals surface area contributed by atoms with Crippen LogP contribution in [0.5, 0.6) is 11.5 Å². The van der Waals surface area contributed by atoms with Gasteiger partial charge in [-0.15, -0.1) is 0 Å². The minimum Gasteiger partial charge on any atom is -0.497 e. The van der Waals surface area contributed by atoms with Gasteiger partial charge in [-0.3, -0.25) is 9.88 Å². The summed E-state index contributed by atoms with van der Waals surface area (Å²) in [6, 6.07) is 17.5. The molecule has 0 radical (unpaired) electrons. The molecule has 0 amide bonds. The number of benzene rings is 2. The summed E-state index contributed by atoms with van der Waals surface area (Å²) in [5, 5.41) is 11.9. The number of hydrogen-bond acceptors (Lipinski definition) is 5. The van der Waals surface area contributed by atoms with Gasteiger partial charge < -0.3 is 14.6 Å². The molecule has 6 heteroatoms. The largest absolute Gasteiger partial charge is 0.497 e. The Morgan fingerprint density at radius 1 is 1.12 bits per heavy atom. The molecule has 0 unspecified atom stereocenters. The lowest BCUT2D eigenvalue weighted by atomic mass is 9.84. The van der Waals surface area contributed by atoms with E-state index in [1.54, 1.807) is 13.3 Å². The van der Waals surface area contributed by atoms with E-state index >= 15 is 0 Å². The van der Waals surface area contributed by atoms with E-state index < -0.39 is 5.60 Å². The minimum atomic E-state index is -0.805. The molecule has 0 aliphatic carbocycles. The standard InChI is InChI=1S/C27H27ClN2O3/c1-32-21-8-9-26-24(17-21)22(23-3-2-13-29-25(23)18-33-26)10-14-30-15-11-27(31,12-16-30)19-4-6-20(28)7-5-19/h2-10,13,17,31H,11-12,14-16,18H2,1H3. The van der Waals surface area contributed by atoms with Crippen LogP contribution in [0.4, 0.5) is 0 Å². The molecule has 3 heterocycles. The zero-order valence-electron chi connectivity index (χ0n) is 18.6. The summed E-state index contributed by atoms with van der Waals surface area (Å²) < 4.78 is 11.5. The number of halogens is 1. The first-order chi connectivity index (χ1) is 16.1. The molecule has 1 saturated heterocycles. The van der Waals surface area contributed by atoms with Gasteiger partial charge in [0.05, 0.1) is 18.4 Å². The molecule has 5 rings (SSSR count). The van der Waals surface area contributed by atoms with Crippen LogP contribution in [0.1, 0.15) is 35.2 Å². The highest BCUT2D eigenvalue weighted by atomic mass is 35.5. The number of pyridine rings is 1. The van der Waals surface area contributed by atoms with Gasteiger partial charge in [-0.1, -0.05) is 35.9 Å². The molecule has 2 aromatic carbocycles. The summed E-state index contributed by atoms with van der Waals surface area (Å²) in [6.07, 6.45) is 5.42. The number of fused-ring (bicyclic) bond motifs is 2. The van der Waals surface area contributed by atoms with Gasteiger partial charge in [0, 0.05) is 42.0 Å². The maximum atomic E-state index is 11.2. The summed E-state index contributed by atoms with van der Waals surface area (Å²) in [4.78, 5) is 6.93. The Balaban J connectivity index is 1.39. The van der Waals surface area contributed by atoms with Crippen molar-refractivity contribution in [1.29, 1.82) is 0 Å². The lowest BCUT2D eigenvalue weighted by Gasteiger charge is -2.38. The molecule has 1 N–H and O–H groups in total. The molecular formula is C27H27ClN2O3. The molecule has 0 spiro atoms. The molecule has 1 fully saturated rings.